The molecule has 0 atom stereocenters. The molecular weight excluding hydrogens is 182 g/mol. The Morgan fingerprint density at radius 1 is 1.08 bits per heavy atom. The fourth-order valence-corrected chi connectivity index (χ4v) is 1.24. The molecule has 1 heterocycles. The van der Waals surface area contributed by atoms with E-state index < -0.39 is 0 Å². The minimum atomic E-state index is 0.722. The minimum Gasteiger partial charge on any atom is -0.303 e. The maximum Gasteiger partial charge on any atom is 0.124 e. The van der Waals surface area contributed by atoms with Crippen molar-refractivity contribution in [2.24, 2.45) is 0 Å². The van der Waals surface area contributed by atoms with Crippen molar-refractivity contribution >= 4 is 22.9 Å². The fourth-order valence-electron chi connectivity index (χ4n) is 1.01. The quantitative estimate of drug-likeness (QED) is 0.552. The molecule has 0 saturated carbocycles. The van der Waals surface area contributed by atoms with Crippen LogP contribution < -0.4 is 16.4 Å². The Labute approximate surface area is 83.5 Å². The summed E-state index contributed by atoms with van der Waals surface area (Å²) in [5.74, 6) is 0. The van der Waals surface area contributed by atoms with E-state index in [1.54, 1.807) is 0 Å². The lowest BCUT2D eigenvalue weighted by Crippen LogP contribution is -2.45. The van der Waals surface area contributed by atoms with E-state index in [0.717, 1.165) is 16.2 Å². The summed E-state index contributed by atoms with van der Waals surface area (Å²) in [6.07, 6.45) is 0. The number of anilines is 1. The van der Waals surface area contributed by atoms with Crippen LogP contribution >= 0.6 is 12.2 Å². The van der Waals surface area contributed by atoms with Crippen molar-refractivity contribution in [2.45, 2.75) is 13.8 Å². The number of hydrogen-bond acceptors (Lipinski definition) is 3. The molecule has 0 aromatic heterocycles. The molecule has 1 aromatic carbocycles. The van der Waals surface area contributed by atoms with Gasteiger partial charge in [-0.3, -0.25) is 5.43 Å². The molecule has 0 unspecified atom stereocenters. The number of hydrogen-bond donors (Lipinski definition) is 3. The highest BCUT2D eigenvalue weighted by atomic mass is 32.1. The third-order valence-electron chi connectivity index (χ3n) is 1.54. The van der Waals surface area contributed by atoms with E-state index in [-0.39, 0.29) is 0 Å². The molecule has 2 rings (SSSR count). The van der Waals surface area contributed by atoms with Crippen LogP contribution in [0.2, 0.25) is 0 Å². The highest BCUT2D eigenvalue weighted by molar-refractivity contribution is 7.80. The second-order valence-corrected chi connectivity index (χ2v) is 2.66. The Balaban J connectivity index is 0.000000396. The van der Waals surface area contributed by atoms with Crippen LogP contribution in [-0.4, -0.2) is 4.99 Å². The molecule has 13 heavy (non-hydrogen) atoms. The smallest absolute Gasteiger partial charge is 0.124 e. The SMILES string of the molecule is CC.S=C1NNNc2ccccc21. The van der Waals surface area contributed by atoms with Gasteiger partial charge in [0.15, 0.2) is 0 Å². The second kappa shape index (κ2) is 4.79. The average Bonchev–Trinajstić information content (AvgIpc) is 2.22. The van der Waals surface area contributed by atoms with Crippen LogP contribution in [0.5, 0.6) is 0 Å². The van der Waals surface area contributed by atoms with Gasteiger partial charge < -0.3 is 5.43 Å². The van der Waals surface area contributed by atoms with Gasteiger partial charge in [-0.1, -0.05) is 38.2 Å². The van der Waals surface area contributed by atoms with Gasteiger partial charge in [-0.15, -0.1) is 5.53 Å². The zero-order chi connectivity index (χ0) is 9.68. The maximum atomic E-state index is 5.05. The summed E-state index contributed by atoms with van der Waals surface area (Å²) in [5, 5.41) is 0. The van der Waals surface area contributed by atoms with Gasteiger partial charge in [0, 0.05) is 5.56 Å². The number of nitrogens with one attached hydrogen (secondary N) is 3. The zero-order valence-corrected chi connectivity index (χ0v) is 8.53. The van der Waals surface area contributed by atoms with Crippen LogP contribution in [0, 0.1) is 0 Å². The largest absolute Gasteiger partial charge is 0.303 e. The predicted octanol–water partition coefficient (Wildman–Crippen LogP) is 1.82. The molecule has 0 saturated heterocycles. The molecule has 0 fully saturated rings. The van der Waals surface area contributed by atoms with Crippen LogP contribution in [0.4, 0.5) is 5.69 Å². The summed E-state index contributed by atoms with van der Waals surface area (Å²) in [4.78, 5) is 0.722. The molecule has 1 aliphatic heterocycles. The monoisotopic (exact) mass is 195 g/mol. The van der Waals surface area contributed by atoms with Crippen molar-refractivity contribution in [3.05, 3.63) is 29.8 Å². The number of para-hydroxylation sites is 1. The average molecular weight is 195 g/mol. The molecule has 1 aliphatic rings. The molecule has 0 radical (unpaired) electrons. The molecule has 0 spiro atoms. The van der Waals surface area contributed by atoms with Crippen molar-refractivity contribution in [3.8, 4) is 0 Å². The molecule has 4 heteroatoms. The van der Waals surface area contributed by atoms with Crippen LogP contribution in [0.3, 0.4) is 0 Å². The first-order chi connectivity index (χ1) is 6.38. The molecular formula is C9H13N3S. The summed E-state index contributed by atoms with van der Waals surface area (Å²) in [6, 6.07) is 7.86. The summed E-state index contributed by atoms with van der Waals surface area (Å²) in [5.41, 5.74) is 10.5. The Kier molecular flexibility index (Phi) is 3.67. The minimum absolute atomic E-state index is 0.722. The second-order valence-electron chi connectivity index (χ2n) is 2.25. The third kappa shape index (κ3) is 2.17. The van der Waals surface area contributed by atoms with Crippen LogP contribution in [0.25, 0.3) is 0 Å². The van der Waals surface area contributed by atoms with Crippen molar-refractivity contribution in [1.29, 1.82) is 0 Å². The highest BCUT2D eigenvalue weighted by Gasteiger charge is 2.09. The molecule has 0 amide bonds. The summed E-state index contributed by atoms with van der Waals surface area (Å²) in [7, 11) is 0. The number of rotatable bonds is 0. The van der Waals surface area contributed by atoms with Crippen molar-refractivity contribution < 1.29 is 0 Å². The molecule has 0 bridgehead atoms. The van der Waals surface area contributed by atoms with Gasteiger partial charge in [0.05, 0.1) is 5.69 Å². The van der Waals surface area contributed by atoms with Crippen LogP contribution in [0.15, 0.2) is 24.3 Å². The molecule has 70 valence electrons. The number of fused-ring (bicyclic) bond motifs is 1. The number of benzene rings is 1. The van der Waals surface area contributed by atoms with E-state index in [9.17, 15) is 0 Å². The Hall–Kier alpha value is -1.13. The standard InChI is InChI=1S/C7H7N3S.C2H6/c11-7-5-3-1-2-4-6(5)8-10-9-7;1-2/h1-4,8,10H,(H,9,11);1-2H3. The molecule has 1 aromatic rings. The summed E-state index contributed by atoms with van der Waals surface area (Å²) in [6.45, 7) is 4.00. The van der Waals surface area contributed by atoms with Crippen molar-refractivity contribution in [1.82, 2.24) is 11.0 Å². The fraction of sp³-hybridized carbons (Fsp3) is 0.222. The van der Waals surface area contributed by atoms with Gasteiger partial charge in [0.25, 0.3) is 0 Å². The summed E-state index contributed by atoms with van der Waals surface area (Å²) >= 11 is 5.05. The van der Waals surface area contributed by atoms with Gasteiger partial charge in [0.2, 0.25) is 0 Å². The van der Waals surface area contributed by atoms with Gasteiger partial charge in [0.1, 0.15) is 4.99 Å². The normalized spacial score (nSPS) is 12.9. The molecule has 3 nitrogen and oxygen atoms in total. The molecule has 3 N–H and O–H groups in total. The lowest BCUT2D eigenvalue weighted by Gasteiger charge is -2.20. The van der Waals surface area contributed by atoms with E-state index in [0.29, 0.717) is 0 Å². The first-order valence-corrected chi connectivity index (χ1v) is 4.69. The van der Waals surface area contributed by atoms with Gasteiger partial charge in [-0.2, -0.15) is 0 Å². The van der Waals surface area contributed by atoms with E-state index in [1.807, 2.05) is 38.1 Å². The van der Waals surface area contributed by atoms with Gasteiger partial charge in [-0.25, -0.2) is 0 Å². The number of hydrazine groups is 2. The van der Waals surface area contributed by atoms with Crippen LogP contribution in [0.1, 0.15) is 19.4 Å². The van der Waals surface area contributed by atoms with Gasteiger partial charge in [-0.05, 0) is 12.1 Å². The summed E-state index contributed by atoms with van der Waals surface area (Å²) < 4.78 is 0. The predicted molar refractivity (Wildman–Crippen MR) is 59.4 cm³/mol. The van der Waals surface area contributed by atoms with E-state index in [1.165, 1.54) is 0 Å². The highest BCUT2D eigenvalue weighted by Crippen LogP contribution is 2.15. The van der Waals surface area contributed by atoms with Crippen molar-refractivity contribution in [3.63, 3.8) is 0 Å². The van der Waals surface area contributed by atoms with E-state index in [4.69, 9.17) is 12.2 Å². The number of thiocarbonyl (C=S) groups is 1. The lowest BCUT2D eigenvalue weighted by atomic mass is 10.2. The maximum absolute atomic E-state index is 5.05. The van der Waals surface area contributed by atoms with Crippen LogP contribution in [-0.2, 0) is 0 Å². The van der Waals surface area contributed by atoms with E-state index >= 15 is 0 Å². The first-order valence-electron chi connectivity index (χ1n) is 4.28. The topological polar surface area (TPSA) is 36.1 Å². The zero-order valence-electron chi connectivity index (χ0n) is 7.72. The third-order valence-corrected chi connectivity index (χ3v) is 1.87. The Morgan fingerprint density at radius 3 is 2.46 bits per heavy atom. The lowest BCUT2D eigenvalue weighted by molar-refractivity contribution is 0.749. The Bertz CT molecular complexity index is 299. The Morgan fingerprint density at radius 2 is 1.77 bits per heavy atom. The van der Waals surface area contributed by atoms with E-state index in [2.05, 4.69) is 16.4 Å². The first kappa shape index (κ1) is 9.95. The van der Waals surface area contributed by atoms with Crippen molar-refractivity contribution in [2.75, 3.05) is 5.43 Å². The molecule has 0 aliphatic carbocycles. The van der Waals surface area contributed by atoms with Gasteiger partial charge >= 0.3 is 0 Å².